The summed E-state index contributed by atoms with van der Waals surface area (Å²) in [6, 6.07) is 14.0. The number of guanidine groups is 1. The van der Waals surface area contributed by atoms with E-state index in [1.165, 1.54) is 5.56 Å². The molecule has 0 unspecified atom stereocenters. The quantitative estimate of drug-likeness (QED) is 0.437. The third kappa shape index (κ3) is 5.71. The average Bonchev–Trinajstić information content (AvgIpc) is 2.65. The van der Waals surface area contributed by atoms with Crippen LogP contribution in [0.2, 0.25) is 0 Å². The summed E-state index contributed by atoms with van der Waals surface area (Å²) in [6.45, 7) is 2.77. The lowest BCUT2D eigenvalue weighted by Gasteiger charge is -2.10. The second-order valence-electron chi connectivity index (χ2n) is 5.73. The number of methoxy groups -OCH3 is 2. The van der Waals surface area contributed by atoms with Crippen LogP contribution in [0, 0.1) is 0 Å². The van der Waals surface area contributed by atoms with E-state index in [9.17, 15) is 0 Å². The highest BCUT2D eigenvalue weighted by molar-refractivity contribution is 5.92. The van der Waals surface area contributed by atoms with Gasteiger partial charge in [-0.3, -0.25) is 4.99 Å². The molecule has 2 aromatic rings. The summed E-state index contributed by atoms with van der Waals surface area (Å²) in [4.78, 5) is 4.40. The molecule has 25 heavy (non-hydrogen) atoms. The van der Waals surface area contributed by atoms with Gasteiger partial charge in [0, 0.05) is 12.2 Å². The molecule has 2 aromatic carbocycles. The fourth-order valence-electron chi connectivity index (χ4n) is 2.60. The Morgan fingerprint density at radius 1 is 1.12 bits per heavy atom. The van der Waals surface area contributed by atoms with Gasteiger partial charge in [-0.15, -0.1) is 0 Å². The summed E-state index contributed by atoms with van der Waals surface area (Å²) in [6.07, 6.45) is 2.72. The van der Waals surface area contributed by atoms with Crippen LogP contribution in [-0.4, -0.2) is 26.7 Å². The molecule has 5 nitrogen and oxygen atoms in total. The van der Waals surface area contributed by atoms with Gasteiger partial charge >= 0.3 is 0 Å². The minimum atomic E-state index is 0.436. The van der Waals surface area contributed by atoms with Crippen LogP contribution in [0.5, 0.6) is 11.5 Å². The second-order valence-corrected chi connectivity index (χ2v) is 5.73. The molecule has 0 radical (unpaired) electrons. The molecule has 3 N–H and O–H groups in total. The van der Waals surface area contributed by atoms with E-state index in [0.717, 1.165) is 42.0 Å². The number of hydrogen-bond acceptors (Lipinski definition) is 3. The molecule has 0 aliphatic rings. The van der Waals surface area contributed by atoms with Crippen LogP contribution < -0.4 is 20.5 Å². The summed E-state index contributed by atoms with van der Waals surface area (Å²) in [5, 5.41) is 3.14. The minimum absolute atomic E-state index is 0.436. The first-order valence-electron chi connectivity index (χ1n) is 8.53. The molecule has 0 bridgehead atoms. The summed E-state index contributed by atoms with van der Waals surface area (Å²) in [5.74, 6) is 2.13. The molecule has 0 saturated carbocycles. The van der Waals surface area contributed by atoms with E-state index >= 15 is 0 Å². The predicted molar refractivity (Wildman–Crippen MR) is 104 cm³/mol. The van der Waals surface area contributed by atoms with Gasteiger partial charge in [0.1, 0.15) is 11.5 Å². The van der Waals surface area contributed by atoms with Crippen LogP contribution in [0.1, 0.15) is 24.5 Å². The zero-order chi connectivity index (χ0) is 18.1. The van der Waals surface area contributed by atoms with Crippen molar-refractivity contribution in [2.24, 2.45) is 10.7 Å². The van der Waals surface area contributed by atoms with E-state index in [4.69, 9.17) is 15.2 Å². The maximum absolute atomic E-state index is 5.97. The number of benzene rings is 2. The predicted octanol–water partition coefficient (Wildman–Crippen LogP) is 3.63. The summed E-state index contributed by atoms with van der Waals surface area (Å²) in [5.41, 5.74) is 9.32. The molecule has 5 heteroatoms. The third-order valence-corrected chi connectivity index (χ3v) is 3.98. The SMILES string of the molecule is CCc1cccc(NC(N)=NCCCc2cc(OC)ccc2OC)c1. The first kappa shape index (κ1) is 18.6. The zero-order valence-corrected chi connectivity index (χ0v) is 15.2. The van der Waals surface area contributed by atoms with Crippen LogP contribution in [0.15, 0.2) is 47.5 Å². The maximum Gasteiger partial charge on any atom is 0.193 e. The van der Waals surface area contributed by atoms with Gasteiger partial charge in [-0.2, -0.15) is 0 Å². The van der Waals surface area contributed by atoms with Gasteiger partial charge in [-0.1, -0.05) is 19.1 Å². The van der Waals surface area contributed by atoms with Crippen molar-refractivity contribution in [3.63, 3.8) is 0 Å². The van der Waals surface area contributed by atoms with Crippen molar-refractivity contribution in [1.29, 1.82) is 0 Å². The number of nitrogens with zero attached hydrogens (tertiary/aromatic N) is 1. The van der Waals surface area contributed by atoms with Crippen LogP contribution in [-0.2, 0) is 12.8 Å². The van der Waals surface area contributed by atoms with Crippen LogP contribution in [0.4, 0.5) is 5.69 Å². The number of rotatable bonds is 8. The fraction of sp³-hybridized carbons (Fsp3) is 0.350. The van der Waals surface area contributed by atoms with Crippen LogP contribution in [0.3, 0.4) is 0 Å². The standard InChI is InChI=1S/C20H27N3O2/c1-4-15-7-5-9-17(13-15)23-20(21)22-12-6-8-16-14-18(24-2)10-11-19(16)25-3/h5,7,9-11,13-14H,4,6,8,12H2,1-3H3,(H3,21,22,23). The molecule has 134 valence electrons. The highest BCUT2D eigenvalue weighted by Gasteiger charge is 2.05. The molecule has 0 heterocycles. The number of nitrogens with two attached hydrogens (primary N) is 1. The van der Waals surface area contributed by atoms with E-state index in [0.29, 0.717) is 12.5 Å². The van der Waals surface area contributed by atoms with E-state index in [-0.39, 0.29) is 0 Å². The van der Waals surface area contributed by atoms with E-state index in [1.54, 1.807) is 14.2 Å². The van der Waals surface area contributed by atoms with Gasteiger partial charge in [0.05, 0.1) is 14.2 Å². The Kier molecular flexibility index (Phi) is 7.14. The molecule has 2 rings (SSSR count). The van der Waals surface area contributed by atoms with Crippen LogP contribution >= 0.6 is 0 Å². The first-order valence-corrected chi connectivity index (χ1v) is 8.53. The summed E-state index contributed by atoms with van der Waals surface area (Å²) in [7, 11) is 3.34. The Bertz CT molecular complexity index is 714. The van der Waals surface area contributed by atoms with Crippen molar-refractivity contribution < 1.29 is 9.47 Å². The van der Waals surface area contributed by atoms with Gasteiger partial charge < -0.3 is 20.5 Å². The number of aryl methyl sites for hydroxylation is 2. The van der Waals surface area contributed by atoms with Crippen molar-refractivity contribution in [2.75, 3.05) is 26.1 Å². The Labute approximate surface area is 149 Å². The molecular formula is C20H27N3O2. The summed E-state index contributed by atoms with van der Waals surface area (Å²) >= 11 is 0. The van der Waals surface area contributed by atoms with E-state index in [1.807, 2.05) is 30.3 Å². The van der Waals surface area contributed by atoms with Crippen molar-refractivity contribution in [3.05, 3.63) is 53.6 Å². The van der Waals surface area contributed by atoms with E-state index < -0.39 is 0 Å². The largest absolute Gasteiger partial charge is 0.497 e. The molecule has 0 aliphatic carbocycles. The van der Waals surface area contributed by atoms with E-state index in [2.05, 4.69) is 29.4 Å². The molecule has 0 aliphatic heterocycles. The number of nitrogens with one attached hydrogen (secondary N) is 1. The fourth-order valence-corrected chi connectivity index (χ4v) is 2.60. The lowest BCUT2D eigenvalue weighted by atomic mass is 10.1. The average molecular weight is 341 g/mol. The number of anilines is 1. The van der Waals surface area contributed by atoms with Crippen molar-refractivity contribution in [1.82, 2.24) is 0 Å². The van der Waals surface area contributed by atoms with Crippen LogP contribution in [0.25, 0.3) is 0 Å². The van der Waals surface area contributed by atoms with Crippen molar-refractivity contribution in [3.8, 4) is 11.5 Å². The molecule has 0 atom stereocenters. The van der Waals surface area contributed by atoms with Gasteiger partial charge in [0.25, 0.3) is 0 Å². The Balaban J connectivity index is 1.88. The maximum atomic E-state index is 5.97. The van der Waals surface area contributed by atoms with Gasteiger partial charge in [-0.05, 0) is 60.7 Å². The van der Waals surface area contributed by atoms with Gasteiger partial charge in [0.2, 0.25) is 0 Å². The molecule has 0 aromatic heterocycles. The highest BCUT2D eigenvalue weighted by atomic mass is 16.5. The second kappa shape index (κ2) is 9.57. The first-order chi connectivity index (χ1) is 12.2. The Hall–Kier alpha value is -2.69. The van der Waals surface area contributed by atoms with Crippen molar-refractivity contribution >= 4 is 11.6 Å². The minimum Gasteiger partial charge on any atom is -0.497 e. The topological polar surface area (TPSA) is 68.9 Å². The van der Waals surface area contributed by atoms with Gasteiger partial charge in [-0.25, -0.2) is 0 Å². The normalized spacial score (nSPS) is 11.2. The molecule has 0 saturated heterocycles. The molecule has 0 fully saturated rings. The lowest BCUT2D eigenvalue weighted by molar-refractivity contribution is 0.398. The van der Waals surface area contributed by atoms with Crippen molar-refractivity contribution in [2.45, 2.75) is 26.2 Å². The lowest BCUT2D eigenvalue weighted by Crippen LogP contribution is -2.23. The zero-order valence-electron chi connectivity index (χ0n) is 15.2. The number of ether oxygens (including phenoxy) is 2. The van der Waals surface area contributed by atoms with Gasteiger partial charge in [0.15, 0.2) is 5.96 Å². The third-order valence-electron chi connectivity index (χ3n) is 3.98. The monoisotopic (exact) mass is 341 g/mol. The molecular weight excluding hydrogens is 314 g/mol. The smallest absolute Gasteiger partial charge is 0.193 e. The number of aliphatic imine (C=N–C) groups is 1. The number of hydrogen-bond donors (Lipinski definition) is 2. The molecule has 0 spiro atoms. The molecule has 0 amide bonds. The Morgan fingerprint density at radius 3 is 2.68 bits per heavy atom. The Morgan fingerprint density at radius 2 is 1.96 bits per heavy atom. The highest BCUT2D eigenvalue weighted by Crippen LogP contribution is 2.25. The summed E-state index contributed by atoms with van der Waals surface area (Å²) < 4.78 is 10.7.